The number of ether oxygens (including phenoxy) is 1. The third-order valence-electron chi connectivity index (χ3n) is 12.2. The van der Waals surface area contributed by atoms with Crippen molar-refractivity contribution in [1.29, 1.82) is 0 Å². The van der Waals surface area contributed by atoms with E-state index in [1.807, 2.05) is 39.8 Å². The highest BCUT2D eigenvalue weighted by Gasteiger charge is 2.55. The van der Waals surface area contributed by atoms with E-state index in [1.165, 1.54) is 0 Å². The Labute approximate surface area is 300 Å². The average molecular weight is 716 g/mol. The molecule has 3 unspecified atom stereocenters. The number of nitrogens with zero attached hydrogens (tertiary/aromatic N) is 5. The summed E-state index contributed by atoms with van der Waals surface area (Å²) in [4.78, 5) is 4.86. The highest BCUT2D eigenvalue weighted by molar-refractivity contribution is 6.74. The maximum absolute atomic E-state index is 11.3. The second-order valence-corrected chi connectivity index (χ2v) is 22.0. The molecule has 4 bridgehead atoms. The summed E-state index contributed by atoms with van der Waals surface area (Å²) in [6.07, 6.45) is 15.9. The monoisotopic (exact) mass is 715 g/mol. The third-order valence-corrected chi connectivity index (χ3v) is 16.9. The number of aromatic nitrogens is 4. The Bertz CT molecular complexity index is 1930. The molecule has 5 aliphatic rings. The van der Waals surface area contributed by atoms with E-state index in [2.05, 4.69) is 56.5 Å². The number of benzene rings is 1. The summed E-state index contributed by atoms with van der Waals surface area (Å²) < 4.78 is 16.3. The maximum Gasteiger partial charge on any atom is 0.250 e. The molecule has 266 valence electrons. The summed E-state index contributed by atoms with van der Waals surface area (Å²) in [5.41, 5.74) is 11.5. The van der Waals surface area contributed by atoms with Gasteiger partial charge in [0.05, 0.1) is 45.5 Å². The Morgan fingerprint density at radius 2 is 1.86 bits per heavy atom. The standard InChI is InChI=1S/C38H50ClN7O3Si/c1-37(2,3)50(4,5)49-28-9-10-31(30(39)15-28)43-36(40)29-20-42-45-21-26(27-19-41-46(22-27)33-8-6-7-11-48-33)14-32(45)35(29)44-34-24-12-23-13-25(34)18-38(47,16-23)17-24/h9-10,14-15,19-25,33-34,44,47H,6-8,11-13,16-18H2,1-5H3,(H2,40,43). The summed E-state index contributed by atoms with van der Waals surface area (Å²) in [6.45, 7) is 11.9. The van der Waals surface area contributed by atoms with Crippen LogP contribution in [0.3, 0.4) is 0 Å². The van der Waals surface area contributed by atoms with E-state index >= 15 is 0 Å². The molecule has 1 aliphatic heterocycles. The Morgan fingerprint density at radius 3 is 2.54 bits per heavy atom. The lowest BCUT2D eigenvalue weighted by molar-refractivity contribution is -0.129. The summed E-state index contributed by atoms with van der Waals surface area (Å²) in [6, 6.07) is 8.02. The average Bonchev–Trinajstić information content (AvgIpc) is 3.71. The lowest BCUT2D eigenvalue weighted by Gasteiger charge is -2.58. The molecule has 12 heteroatoms. The molecule has 3 aromatic heterocycles. The number of amidine groups is 1. The van der Waals surface area contributed by atoms with E-state index < -0.39 is 13.9 Å². The highest BCUT2D eigenvalue weighted by Crippen LogP contribution is 2.56. The topological polar surface area (TPSA) is 124 Å². The molecule has 4 saturated carbocycles. The van der Waals surface area contributed by atoms with Gasteiger partial charge in [0.25, 0.3) is 0 Å². The maximum atomic E-state index is 11.3. The van der Waals surface area contributed by atoms with Crippen molar-refractivity contribution in [3.63, 3.8) is 0 Å². The van der Waals surface area contributed by atoms with Gasteiger partial charge in [-0.1, -0.05) is 32.4 Å². The Balaban J connectivity index is 1.15. The van der Waals surface area contributed by atoms with Crippen molar-refractivity contribution in [3.05, 3.63) is 59.6 Å². The van der Waals surface area contributed by atoms with E-state index in [9.17, 15) is 5.11 Å². The van der Waals surface area contributed by atoms with Crippen molar-refractivity contribution in [2.45, 2.75) is 108 Å². The molecule has 3 atom stereocenters. The quantitative estimate of drug-likeness (QED) is 0.0952. The fraction of sp³-hybridized carbons (Fsp3) is 0.553. The summed E-state index contributed by atoms with van der Waals surface area (Å²) in [7, 11) is -2.04. The van der Waals surface area contributed by atoms with Crippen molar-refractivity contribution in [2.75, 3.05) is 11.9 Å². The number of nitrogens with one attached hydrogen (secondary N) is 1. The van der Waals surface area contributed by atoms with Gasteiger partial charge < -0.3 is 25.3 Å². The van der Waals surface area contributed by atoms with Crippen molar-refractivity contribution in [2.24, 2.45) is 28.5 Å². The SMILES string of the molecule is CC(C)(C)[Si](C)(C)Oc1ccc(/N=C(\N)c2cnn3cc(-c4cnn(C5CCCCO5)c4)cc3c2NC2C3CC4CC2CC(O)(C4)C3)c(Cl)c1. The van der Waals surface area contributed by atoms with Crippen LogP contribution in [0.1, 0.15) is 83.9 Å². The number of aliphatic hydroxyl groups is 1. The second-order valence-electron chi connectivity index (χ2n) is 16.9. The lowest BCUT2D eigenvalue weighted by atomic mass is 9.52. The van der Waals surface area contributed by atoms with Crippen LogP contribution < -0.4 is 15.5 Å². The van der Waals surface area contributed by atoms with E-state index in [1.54, 1.807) is 6.20 Å². The molecule has 4 aliphatic carbocycles. The number of rotatable bonds is 8. The zero-order chi connectivity index (χ0) is 35.0. The molecule has 50 heavy (non-hydrogen) atoms. The molecule has 0 radical (unpaired) electrons. The van der Waals surface area contributed by atoms with Crippen molar-refractivity contribution < 1.29 is 14.3 Å². The first-order chi connectivity index (χ1) is 23.7. The molecule has 0 spiro atoms. The Kier molecular flexibility index (Phi) is 8.36. The first kappa shape index (κ1) is 33.7. The van der Waals surface area contributed by atoms with Crippen LogP contribution in [0.25, 0.3) is 16.6 Å². The summed E-state index contributed by atoms with van der Waals surface area (Å²) in [5.74, 6) is 2.48. The van der Waals surface area contributed by atoms with Gasteiger partial charge in [-0.3, -0.25) is 0 Å². The predicted molar refractivity (Wildman–Crippen MR) is 201 cm³/mol. The van der Waals surface area contributed by atoms with Gasteiger partial charge in [0.1, 0.15) is 17.8 Å². The van der Waals surface area contributed by atoms with Gasteiger partial charge in [-0.05, 0) is 112 Å². The molecule has 4 aromatic rings. The molecule has 1 saturated heterocycles. The van der Waals surface area contributed by atoms with Crippen molar-refractivity contribution in [3.8, 4) is 16.9 Å². The van der Waals surface area contributed by atoms with Crippen LogP contribution in [0.4, 0.5) is 11.4 Å². The second kappa shape index (κ2) is 12.4. The molecule has 10 nitrogen and oxygen atoms in total. The van der Waals surface area contributed by atoms with Crippen LogP contribution in [-0.2, 0) is 4.74 Å². The first-order valence-corrected chi connectivity index (χ1v) is 21.5. The first-order valence-electron chi connectivity index (χ1n) is 18.2. The number of hydrogen-bond donors (Lipinski definition) is 3. The summed E-state index contributed by atoms with van der Waals surface area (Å²) >= 11 is 6.82. The van der Waals surface area contributed by atoms with Crippen LogP contribution in [0.15, 0.2) is 54.0 Å². The van der Waals surface area contributed by atoms with Crippen LogP contribution in [0.2, 0.25) is 23.2 Å². The van der Waals surface area contributed by atoms with Gasteiger partial charge in [0.15, 0.2) is 0 Å². The molecular formula is C38H50ClN7O3Si. The van der Waals surface area contributed by atoms with Gasteiger partial charge >= 0.3 is 0 Å². The molecule has 4 N–H and O–H groups in total. The molecule has 5 fully saturated rings. The molecule has 9 rings (SSSR count). The number of fused-ring (bicyclic) bond motifs is 1. The minimum absolute atomic E-state index is 0.0289. The van der Waals surface area contributed by atoms with E-state index in [-0.39, 0.29) is 17.3 Å². The van der Waals surface area contributed by atoms with Crippen LogP contribution in [-0.4, -0.2) is 56.9 Å². The van der Waals surface area contributed by atoms with Crippen molar-refractivity contribution in [1.82, 2.24) is 19.4 Å². The normalized spacial score (nSPS) is 28.4. The highest BCUT2D eigenvalue weighted by atomic mass is 35.5. The van der Waals surface area contributed by atoms with Gasteiger partial charge in [0, 0.05) is 36.2 Å². The minimum Gasteiger partial charge on any atom is -0.543 e. The predicted octanol–water partition coefficient (Wildman–Crippen LogP) is 8.32. The fourth-order valence-electron chi connectivity index (χ4n) is 8.80. The number of aliphatic imine (C=N–C) groups is 1. The van der Waals surface area contributed by atoms with Gasteiger partial charge in [-0.25, -0.2) is 14.2 Å². The zero-order valence-electron chi connectivity index (χ0n) is 29.8. The van der Waals surface area contributed by atoms with E-state index in [0.29, 0.717) is 34.3 Å². The smallest absolute Gasteiger partial charge is 0.250 e. The van der Waals surface area contributed by atoms with Crippen molar-refractivity contribution >= 4 is 42.6 Å². The Hall–Kier alpha value is -3.38. The van der Waals surface area contributed by atoms with E-state index in [4.69, 9.17) is 36.6 Å². The molecule has 0 amide bonds. The van der Waals surface area contributed by atoms with Gasteiger partial charge in [-0.15, -0.1) is 0 Å². The summed E-state index contributed by atoms with van der Waals surface area (Å²) in [5, 5.41) is 25.3. The van der Waals surface area contributed by atoms with Crippen LogP contribution >= 0.6 is 11.6 Å². The fourth-order valence-corrected chi connectivity index (χ4v) is 10.0. The van der Waals surface area contributed by atoms with Gasteiger partial charge in [0.2, 0.25) is 8.32 Å². The number of nitrogens with two attached hydrogens (primary N) is 1. The molecular weight excluding hydrogens is 666 g/mol. The van der Waals surface area contributed by atoms with Crippen LogP contribution in [0.5, 0.6) is 5.75 Å². The number of halogens is 1. The number of hydrogen-bond acceptors (Lipinski definition) is 7. The number of anilines is 1. The van der Waals surface area contributed by atoms with Gasteiger partial charge in [-0.2, -0.15) is 10.2 Å². The lowest BCUT2D eigenvalue weighted by Crippen LogP contribution is -2.59. The molecule has 4 heterocycles. The largest absolute Gasteiger partial charge is 0.543 e. The zero-order valence-corrected chi connectivity index (χ0v) is 31.6. The molecule has 1 aromatic carbocycles. The third kappa shape index (κ3) is 6.24. The van der Waals surface area contributed by atoms with E-state index in [0.717, 1.165) is 91.6 Å². The van der Waals surface area contributed by atoms with Crippen LogP contribution in [0, 0.1) is 17.8 Å². The Morgan fingerprint density at radius 1 is 1.08 bits per heavy atom. The minimum atomic E-state index is -2.04.